The van der Waals surface area contributed by atoms with Gasteiger partial charge in [0.2, 0.25) is 0 Å². The molecular formula is C17H27N3O9. The molecule has 0 bridgehead atoms. The lowest BCUT2D eigenvalue weighted by atomic mass is 9.72. The number of carbonyl (C=O) groups is 5. The van der Waals surface area contributed by atoms with Crippen LogP contribution in [0.1, 0.15) is 34.6 Å². The molecule has 0 aromatic heterocycles. The smallest absolute Gasteiger partial charge is 0.336 e. The normalized spacial score (nSPS) is 12.4. The summed E-state index contributed by atoms with van der Waals surface area (Å²) < 4.78 is 19.7. The lowest BCUT2D eigenvalue weighted by Gasteiger charge is -2.32. The van der Waals surface area contributed by atoms with E-state index in [0.717, 1.165) is 0 Å². The topological polar surface area (TPSA) is 173 Å². The molecule has 0 spiro atoms. The lowest BCUT2D eigenvalue weighted by Crippen LogP contribution is -2.59. The van der Waals surface area contributed by atoms with Crippen molar-refractivity contribution in [1.29, 1.82) is 0 Å². The van der Waals surface area contributed by atoms with Crippen molar-refractivity contribution in [3.8, 4) is 0 Å². The molecule has 0 rings (SSSR count). The number of hydrogen-bond acceptors (Lipinski definition) is 10. The van der Waals surface area contributed by atoms with Gasteiger partial charge < -0.3 is 24.7 Å². The van der Waals surface area contributed by atoms with Crippen molar-refractivity contribution in [2.45, 2.75) is 34.6 Å². The van der Waals surface area contributed by atoms with Gasteiger partial charge in [-0.3, -0.25) is 19.2 Å². The first-order valence-electron chi connectivity index (χ1n) is 8.92. The van der Waals surface area contributed by atoms with Gasteiger partial charge in [-0.15, -0.1) is 0 Å². The minimum Gasteiger partial charge on any atom is -0.465 e. The second-order valence-corrected chi connectivity index (χ2v) is 5.38. The zero-order valence-corrected chi connectivity index (χ0v) is 17.1. The first-order valence-corrected chi connectivity index (χ1v) is 8.92. The highest BCUT2D eigenvalue weighted by Gasteiger charge is 2.66. The third-order valence-electron chi connectivity index (χ3n) is 3.51. The summed E-state index contributed by atoms with van der Waals surface area (Å²) in [6.07, 6.45) is 0. The van der Waals surface area contributed by atoms with E-state index in [9.17, 15) is 24.0 Å². The summed E-state index contributed by atoms with van der Waals surface area (Å²) in [7, 11) is 0. The highest BCUT2D eigenvalue weighted by Crippen LogP contribution is 2.36. The van der Waals surface area contributed by atoms with Crippen LogP contribution in [0.3, 0.4) is 0 Å². The predicted molar refractivity (Wildman–Crippen MR) is 98.3 cm³/mol. The van der Waals surface area contributed by atoms with E-state index in [1.807, 2.05) is 5.43 Å². The average molecular weight is 417 g/mol. The van der Waals surface area contributed by atoms with Gasteiger partial charge in [-0.1, -0.05) is 0 Å². The Bertz CT molecular complexity index is 615. The van der Waals surface area contributed by atoms with Crippen LogP contribution in [0, 0.1) is 11.3 Å². The van der Waals surface area contributed by atoms with Crippen molar-refractivity contribution in [3.05, 3.63) is 0 Å². The average Bonchev–Trinajstić information content (AvgIpc) is 2.64. The quantitative estimate of drug-likeness (QED) is 0.153. The Labute approximate surface area is 168 Å². The molecule has 0 fully saturated rings. The molecule has 29 heavy (non-hydrogen) atoms. The van der Waals surface area contributed by atoms with Gasteiger partial charge in [-0.25, -0.2) is 10.2 Å². The van der Waals surface area contributed by atoms with Gasteiger partial charge in [0.25, 0.3) is 5.41 Å². The molecule has 0 heterocycles. The summed E-state index contributed by atoms with van der Waals surface area (Å²) in [5, 5.41) is 3.59. The number of rotatable bonds is 11. The molecule has 0 aliphatic rings. The first-order chi connectivity index (χ1) is 13.6. The van der Waals surface area contributed by atoms with Crippen LogP contribution in [0.25, 0.3) is 0 Å². The van der Waals surface area contributed by atoms with Crippen molar-refractivity contribution in [3.63, 3.8) is 0 Å². The Morgan fingerprint density at radius 3 is 1.52 bits per heavy atom. The van der Waals surface area contributed by atoms with E-state index >= 15 is 0 Å². The number of esters is 4. The lowest BCUT2D eigenvalue weighted by molar-refractivity contribution is -0.191. The molecule has 0 aliphatic heterocycles. The molecule has 1 unspecified atom stereocenters. The van der Waals surface area contributed by atoms with Gasteiger partial charge in [0.05, 0.1) is 32.1 Å². The Hall–Kier alpha value is -3.18. The second kappa shape index (κ2) is 12.3. The van der Waals surface area contributed by atoms with Crippen LogP contribution in [0.5, 0.6) is 0 Å². The third-order valence-corrected chi connectivity index (χ3v) is 3.51. The zero-order chi connectivity index (χ0) is 22.6. The van der Waals surface area contributed by atoms with Crippen LogP contribution < -0.4 is 11.2 Å². The van der Waals surface area contributed by atoms with Crippen LogP contribution in [0.4, 0.5) is 4.79 Å². The molecular weight excluding hydrogens is 390 g/mol. The molecule has 164 valence electrons. The van der Waals surface area contributed by atoms with Gasteiger partial charge in [0.15, 0.2) is 0 Å². The molecule has 12 heteroatoms. The fourth-order valence-corrected chi connectivity index (χ4v) is 2.43. The molecule has 3 N–H and O–H groups in total. The fourth-order valence-electron chi connectivity index (χ4n) is 2.43. The second-order valence-electron chi connectivity index (χ2n) is 5.38. The number of nitrogens with one attached hydrogen (secondary N) is 1. The third kappa shape index (κ3) is 6.16. The van der Waals surface area contributed by atoms with Crippen molar-refractivity contribution in [2.75, 3.05) is 26.4 Å². The van der Waals surface area contributed by atoms with Gasteiger partial charge in [-0.2, -0.15) is 5.10 Å². The van der Waals surface area contributed by atoms with Crippen molar-refractivity contribution in [2.24, 2.45) is 22.2 Å². The largest absolute Gasteiger partial charge is 0.465 e. The summed E-state index contributed by atoms with van der Waals surface area (Å²) in [5.74, 6) is -7.27. The highest BCUT2D eigenvalue weighted by molar-refractivity contribution is 6.25. The number of carbonyl (C=O) groups excluding carboxylic acids is 5. The molecule has 0 aliphatic carbocycles. The van der Waals surface area contributed by atoms with E-state index in [1.165, 1.54) is 34.6 Å². The Morgan fingerprint density at radius 2 is 1.21 bits per heavy atom. The highest BCUT2D eigenvalue weighted by atomic mass is 16.6. The molecule has 0 aromatic carbocycles. The van der Waals surface area contributed by atoms with E-state index in [4.69, 9.17) is 24.7 Å². The number of amides is 2. The van der Waals surface area contributed by atoms with Crippen molar-refractivity contribution >= 4 is 35.6 Å². The van der Waals surface area contributed by atoms with Gasteiger partial charge in [-0.05, 0) is 34.6 Å². The van der Waals surface area contributed by atoms with E-state index in [2.05, 4.69) is 5.10 Å². The van der Waals surface area contributed by atoms with Gasteiger partial charge in [0, 0.05) is 0 Å². The summed E-state index contributed by atoms with van der Waals surface area (Å²) in [6, 6.07) is -1.08. The molecule has 12 nitrogen and oxygen atoms in total. The maximum atomic E-state index is 12.9. The minimum absolute atomic E-state index is 0.142. The van der Waals surface area contributed by atoms with Crippen LogP contribution in [0.2, 0.25) is 0 Å². The molecule has 1 atom stereocenters. The van der Waals surface area contributed by atoms with E-state index in [-0.39, 0.29) is 32.1 Å². The van der Waals surface area contributed by atoms with Crippen LogP contribution in [-0.4, -0.2) is 62.0 Å². The molecule has 2 amide bonds. The molecule has 0 saturated heterocycles. The SMILES string of the molecule is CCOC(=O)C(/C(C)=N\NC(N)=O)C(C(=O)OCC)(C(=O)OCC)C(=O)OCC. The zero-order valence-electron chi connectivity index (χ0n) is 17.1. The Morgan fingerprint density at radius 1 is 0.828 bits per heavy atom. The number of ether oxygens (including phenoxy) is 4. The number of nitrogens with two attached hydrogens (primary N) is 1. The van der Waals surface area contributed by atoms with Gasteiger partial charge in [0.1, 0.15) is 5.92 Å². The summed E-state index contributed by atoms with van der Waals surface area (Å²) in [6.45, 7) is 6.18. The first kappa shape index (κ1) is 25.8. The number of nitrogens with zero attached hydrogens (tertiary/aromatic N) is 1. The number of hydrazone groups is 1. The maximum absolute atomic E-state index is 12.9. The maximum Gasteiger partial charge on any atom is 0.336 e. The van der Waals surface area contributed by atoms with E-state index in [1.54, 1.807) is 0 Å². The van der Waals surface area contributed by atoms with Crippen LogP contribution in [-0.2, 0) is 38.1 Å². The molecule has 0 aromatic rings. The Balaban J connectivity index is 6.94. The van der Waals surface area contributed by atoms with Crippen molar-refractivity contribution in [1.82, 2.24) is 5.43 Å². The minimum atomic E-state index is -2.90. The number of urea groups is 1. The van der Waals surface area contributed by atoms with Gasteiger partial charge >= 0.3 is 29.9 Å². The van der Waals surface area contributed by atoms with Crippen molar-refractivity contribution < 1.29 is 42.9 Å². The number of hydrogen-bond donors (Lipinski definition) is 2. The summed E-state index contributed by atoms with van der Waals surface area (Å²) >= 11 is 0. The van der Waals surface area contributed by atoms with Crippen LogP contribution >= 0.6 is 0 Å². The number of primary amides is 1. The summed E-state index contributed by atoms with van der Waals surface area (Å²) in [4.78, 5) is 62.4. The monoisotopic (exact) mass is 417 g/mol. The van der Waals surface area contributed by atoms with Crippen LogP contribution in [0.15, 0.2) is 5.10 Å². The fraction of sp³-hybridized carbons (Fsp3) is 0.647. The standard InChI is InChI=1S/C17H27N3O9/c1-6-26-12(21)11(10(5)19-20-16(18)25)17(13(22)27-7-2,14(23)28-8-3)15(24)29-9-4/h11H,6-9H2,1-5H3,(H3,18,20,25)/b19-10-. The molecule has 0 saturated carbocycles. The predicted octanol–water partition coefficient (Wildman–Crippen LogP) is -0.114. The Kier molecular flexibility index (Phi) is 11.0. The molecule has 0 radical (unpaired) electrons. The summed E-state index contributed by atoms with van der Waals surface area (Å²) in [5.41, 5.74) is 3.59. The van der Waals surface area contributed by atoms with E-state index < -0.39 is 41.2 Å². The van der Waals surface area contributed by atoms with E-state index in [0.29, 0.717) is 0 Å².